The average Bonchev–Trinajstić information content (AvgIpc) is 3.17. The summed E-state index contributed by atoms with van der Waals surface area (Å²) in [6.07, 6.45) is 5.51. The Morgan fingerprint density at radius 2 is 2.10 bits per heavy atom. The highest BCUT2D eigenvalue weighted by Crippen LogP contribution is 2.21. The van der Waals surface area contributed by atoms with Crippen molar-refractivity contribution in [2.24, 2.45) is 0 Å². The van der Waals surface area contributed by atoms with Crippen LogP contribution in [0.1, 0.15) is 25.6 Å². The molecule has 1 heterocycles. The zero-order valence-electron chi connectivity index (χ0n) is 11.9. The van der Waals surface area contributed by atoms with E-state index in [2.05, 4.69) is 27.4 Å². The van der Waals surface area contributed by atoms with Crippen LogP contribution in [0.15, 0.2) is 30.5 Å². The molecule has 0 amide bonds. The van der Waals surface area contributed by atoms with Gasteiger partial charge >= 0.3 is 0 Å². The number of aromatic amines is 1. The highest BCUT2D eigenvalue weighted by Gasteiger charge is 2.19. The molecule has 1 aliphatic rings. The topological polar surface area (TPSA) is 49.9 Å². The second-order valence-electron chi connectivity index (χ2n) is 5.18. The minimum absolute atomic E-state index is 0.696. The Hall–Kier alpha value is -1.81. The average molecular weight is 271 g/mol. The van der Waals surface area contributed by atoms with Gasteiger partial charge in [-0.05, 0) is 49.6 Å². The number of benzene rings is 1. The van der Waals surface area contributed by atoms with Crippen molar-refractivity contribution in [2.45, 2.75) is 32.2 Å². The minimum atomic E-state index is 0.696. The van der Waals surface area contributed by atoms with E-state index in [4.69, 9.17) is 4.74 Å². The number of hydrogen-bond donors (Lipinski definition) is 2. The van der Waals surface area contributed by atoms with Gasteiger partial charge in [0.15, 0.2) is 0 Å². The van der Waals surface area contributed by atoms with Crippen molar-refractivity contribution in [2.75, 3.05) is 13.2 Å². The minimum Gasteiger partial charge on any atom is -0.494 e. The third-order valence-corrected chi connectivity index (χ3v) is 3.48. The number of rotatable bonds is 7. The summed E-state index contributed by atoms with van der Waals surface area (Å²) < 4.78 is 5.45. The predicted molar refractivity (Wildman–Crippen MR) is 79.9 cm³/mol. The quantitative estimate of drug-likeness (QED) is 0.814. The first-order valence-corrected chi connectivity index (χ1v) is 7.35. The fourth-order valence-corrected chi connectivity index (χ4v) is 2.22. The van der Waals surface area contributed by atoms with Crippen LogP contribution < -0.4 is 10.1 Å². The molecule has 1 saturated carbocycles. The lowest BCUT2D eigenvalue weighted by atomic mass is 10.2. The Kier molecular flexibility index (Phi) is 4.02. The summed E-state index contributed by atoms with van der Waals surface area (Å²) in [7, 11) is 0. The molecule has 0 saturated heterocycles. The maximum Gasteiger partial charge on any atom is 0.119 e. The summed E-state index contributed by atoms with van der Waals surface area (Å²) in [6.45, 7) is 3.69. The lowest BCUT2D eigenvalue weighted by Crippen LogP contribution is -2.19. The molecule has 20 heavy (non-hydrogen) atoms. The molecular formula is C16H21N3O. The third-order valence-electron chi connectivity index (χ3n) is 3.48. The molecule has 0 spiro atoms. The van der Waals surface area contributed by atoms with E-state index in [0.29, 0.717) is 6.61 Å². The zero-order chi connectivity index (χ0) is 13.8. The SMILES string of the molecule is CCOc1ccc(-c2cnc(CCNC3CC3)[nH]2)cc1. The fraction of sp³-hybridized carbons (Fsp3) is 0.438. The van der Waals surface area contributed by atoms with Crippen LogP contribution in [0.25, 0.3) is 11.3 Å². The first kappa shape index (κ1) is 13.2. The van der Waals surface area contributed by atoms with Crippen LogP contribution in [0.3, 0.4) is 0 Å². The van der Waals surface area contributed by atoms with Crippen LogP contribution >= 0.6 is 0 Å². The van der Waals surface area contributed by atoms with Gasteiger partial charge in [-0.2, -0.15) is 0 Å². The highest BCUT2D eigenvalue weighted by molar-refractivity contribution is 5.59. The van der Waals surface area contributed by atoms with Gasteiger partial charge in [-0.3, -0.25) is 0 Å². The number of ether oxygens (including phenoxy) is 1. The van der Waals surface area contributed by atoms with Crippen molar-refractivity contribution in [1.82, 2.24) is 15.3 Å². The van der Waals surface area contributed by atoms with E-state index < -0.39 is 0 Å². The van der Waals surface area contributed by atoms with E-state index in [1.165, 1.54) is 12.8 Å². The smallest absolute Gasteiger partial charge is 0.119 e. The number of imidazole rings is 1. The summed E-state index contributed by atoms with van der Waals surface area (Å²) in [5.74, 6) is 1.95. The van der Waals surface area contributed by atoms with E-state index in [1.54, 1.807) is 0 Å². The van der Waals surface area contributed by atoms with Gasteiger partial charge < -0.3 is 15.0 Å². The molecule has 0 unspecified atom stereocenters. The van der Waals surface area contributed by atoms with Gasteiger partial charge in [0.1, 0.15) is 11.6 Å². The van der Waals surface area contributed by atoms with Gasteiger partial charge in [-0.25, -0.2) is 4.98 Å². The molecule has 2 N–H and O–H groups in total. The number of nitrogens with one attached hydrogen (secondary N) is 2. The van der Waals surface area contributed by atoms with Crippen molar-refractivity contribution in [3.05, 3.63) is 36.3 Å². The standard InChI is InChI=1S/C16H21N3O/c1-2-20-14-7-3-12(4-8-14)15-11-18-16(19-15)9-10-17-13-5-6-13/h3-4,7-8,11,13,17H,2,5-6,9-10H2,1H3,(H,18,19). The Morgan fingerprint density at radius 1 is 1.30 bits per heavy atom. The van der Waals surface area contributed by atoms with E-state index in [1.807, 2.05) is 25.3 Å². The highest BCUT2D eigenvalue weighted by atomic mass is 16.5. The molecule has 2 aromatic rings. The molecule has 4 nitrogen and oxygen atoms in total. The Labute approximate surface area is 119 Å². The predicted octanol–water partition coefficient (Wildman–Crippen LogP) is 2.77. The molecule has 1 fully saturated rings. The summed E-state index contributed by atoms with van der Waals surface area (Å²) in [4.78, 5) is 7.82. The largest absolute Gasteiger partial charge is 0.494 e. The van der Waals surface area contributed by atoms with Gasteiger partial charge in [0.2, 0.25) is 0 Å². The second-order valence-corrected chi connectivity index (χ2v) is 5.18. The molecule has 0 atom stereocenters. The monoisotopic (exact) mass is 271 g/mol. The van der Waals surface area contributed by atoms with E-state index >= 15 is 0 Å². The number of hydrogen-bond acceptors (Lipinski definition) is 3. The maximum absolute atomic E-state index is 5.45. The molecule has 1 aliphatic carbocycles. The molecule has 1 aromatic heterocycles. The van der Waals surface area contributed by atoms with Gasteiger partial charge in [0, 0.05) is 19.0 Å². The molecule has 3 rings (SSSR count). The number of H-pyrrole nitrogens is 1. The van der Waals surface area contributed by atoms with Gasteiger partial charge in [-0.15, -0.1) is 0 Å². The van der Waals surface area contributed by atoms with E-state index in [9.17, 15) is 0 Å². The third kappa shape index (κ3) is 3.39. The van der Waals surface area contributed by atoms with Gasteiger partial charge in [0.25, 0.3) is 0 Å². The van der Waals surface area contributed by atoms with Crippen molar-refractivity contribution in [3.8, 4) is 17.0 Å². The van der Waals surface area contributed by atoms with Crippen LogP contribution in [-0.2, 0) is 6.42 Å². The van der Waals surface area contributed by atoms with Crippen molar-refractivity contribution < 1.29 is 4.74 Å². The molecule has 0 aliphatic heterocycles. The summed E-state index contributed by atoms with van der Waals surface area (Å²) in [5.41, 5.74) is 2.21. The van der Waals surface area contributed by atoms with E-state index in [0.717, 1.165) is 41.8 Å². The number of aromatic nitrogens is 2. The van der Waals surface area contributed by atoms with Crippen molar-refractivity contribution in [3.63, 3.8) is 0 Å². The van der Waals surface area contributed by atoms with Crippen LogP contribution in [0, 0.1) is 0 Å². The first-order chi connectivity index (χ1) is 9.85. The van der Waals surface area contributed by atoms with Crippen LogP contribution in [0.4, 0.5) is 0 Å². The maximum atomic E-state index is 5.45. The Bertz CT molecular complexity index is 543. The molecule has 106 valence electrons. The summed E-state index contributed by atoms with van der Waals surface area (Å²) in [5, 5.41) is 3.50. The van der Waals surface area contributed by atoms with Crippen molar-refractivity contribution in [1.29, 1.82) is 0 Å². The Balaban J connectivity index is 1.59. The zero-order valence-corrected chi connectivity index (χ0v) is 11.9. The second kappa shape index (κ2) is 6.09. The van der Waals surface area contributed by atoms with Gasteiger partial charge in [0.05, 0.1) is 18.5 Å². The van der Waals surface area contributed by atoms with Gasteiger partial charge in [-0.1, -0.05) is 0 Å². The lowest BCUT2D eigenvalue weighted by molar-refractivity contribution is 0.340. The molecular weight excluding hydrogens is 250 g/mol. The number of nitrogens with zero attached hydrogens (tertiary/aromatic N) is 1. The first-order valence-electron chi connectivity index (χ1n) is 7.35. The van der Waals surface area contributed by atoms with Crippen LogP contribution in [0.2, 0.25) is 0 Å². The Morgan fingerprint density at radius 3 is 2.80 bits per heavy atom. The molecule has 4 heteroatoms. The molecule has 0 bridgehead atoms. The van der Waals surface area contributed by atoms with Crippen molar-refractivity contribution >= 4 is 0 Å². The molecule has 0 radical (unpaired) electrons. The van der Waals surface area contributed by atoms with Crippen LogP contribution in [-0.4, -0.2) is 29.2 Å². The lowest BCUT2D eigenvalue weighted by Gasteiger charge is -2.03. The normalized spacial score (nSPS) is 14.4. The molecule has 1 aromatic carbocycles. The fourth-order valence-electron chi connectivity index (χ4n) is 2.22. The van der Waals surface area contributed by atoms with Crippen LogP contribution in [0.5, 0.6) is 5.75 Å². The van der Waals surface area contributed by atoms with E-state index in [-0.39, 0.29) is 0 Å². The summed E-state index contributed by atoms with van der Waals surface area (Å²) >= 11 is 0. The summed E-state index contributed by atoms with van der Waals surface area (Å²) in [6, 6.07) is 8.87.